The molecule has 0 unspecified atom stereocenters. The minimum Gasteiger partial charge on any atom is -0.376 e. The van der Waals surface area contributed by atoms with Crippen LogP contribution < -0.4 is 10.6 Å². The Bertz CT molecular complexity index is 746. The number of hydrogen-bond donors (Lipinski definition) is 2. The average Bonchev–Trinajstić information content (AvgIpc) is 2.55. The number of rotatable bonds is 5. The SMILES string of the molecule is CN(C)C(=O)c1ccc(NCC(=O)Nc2ccc(Cl)cc2Cl)cc1. The lowest BCUT2D eigenvalue weighted by atomic mass is 10.2. The van der Waals surface area contributed by atoms with Crippen molar-refractivity contribution in [3.8, 4) is 0 Å². The second kappa shape index (κ2) is 8.04. The predicted octanol–water partition coefficient (Wildman–Crippen LogP) is 3.75. The van der Waals surface area contributed by atoms with Gasteiger partial charge in [0.15, 0.2) is 0 Å². The summed E-state index contributed by atoms with van der Waals surface area (Å²) in [4.78, 5) is 25.3. The fourth-order valence-electron chi connectivity index (χ4n) is 1.96. The van der Waals surface area contributed by atoms with E-state index in [0.29, 0.717) is 21.3 Å². The molecule has 0 atom stereocenters. The maximum atomic E-state index is 12.0. The minimum atomic E-state index is -0.243. The highest BCUT2D eigenvalue weighted by Gasteiger charge is 2.08. The van der Waals surface area contributed by atoms with Crippen molar-refractivity contribution in [2.24, 2.45) is 0 Å². The van der Waals surface area contributed by atoms with Gasteiger partial charge in [0, 0.05) is 30.4 Å². The normalized spacial score (nSPS) is 10.2. The molecule has 2 amide bonds. The summed E-state index contributed by atoms with van der Waals surface area (Å²) < 4.78 is 0. The van der Waals surface area contributed by atoms with Crippen LogP contribution in [0.3, 0.4) is 0 Å². The van der Waals surface area contributed by atoms with E-state index in [-0.39, 0.29) is 18.4 Å². The molecule has 0 spiro atoms. The van der Waals surface area contributed by atoms with Crippen LogP contribution in [0.1, 0.15) is 10.4 Å². The average molecular weight is 366 g/mol. The molecule has 0 heterocycles. The van der Waals surface area contributed by atoms with Crippen molar-refractivity contribution in [3.05, 3.63) is 58.1 Å². The van der Waals surface area contributed by atoms with E-state index in [1.54, 1.807) is 56.6 Å². The summed E-state index contributed by atoms with van der Waals surface area (Å²) in [7, 11) is 3.39. The van der Waals surface area contributed by atoms with Crippen molar-refractivity contribution in [3.63, 3.8) is 0 Å². The van der Waals surface area contributed by atoms with E-state index in [2.05, 4.69) is 10.6 Å². The second-order valence-corrected chi connectivity index (χ2v) is 6.15. The maximum Gasteiger partial charge on any atom is 0.253 e. The Morgan fingerprint density at radius 3 is 2.29 bits per heavy atom. The lowest BCUT2D eigenvalue weighted by molar-refractivity contribution is -0.114. The first-order chi connectivity index (χ1) is 11.4. The van der Waals surface area contributed by atoms with Gasteiger partial charge >= 0.3 is 0 Å². The fraction of sp³-hybridized carbons (Fsp3) is 0.176. The Morgan fingerprint density at radius 1 is 1.04 bits per heavy atom. The molecule has 0 bridgehead atoms. The van der Waals surface area contributed by atoms with Crippen molar-refractivity contribution in [2.75, 3.05) is 31.3 Å². The van der Waals surface area contributed by atoms with Crippen LogP contribution in [0.2, 0.25) is 10.0 Å². The van der Waals surface area contributed by atoms with Crippen LogP contribution in [0.15, 0.2) is 42.5 Å². The van der Waals surface area contributed by atoms with Crippen LogP contribution in [-0.2, 0) is 4.79 Å². The van der Waals surface area contributed by atoms with Gasteiger partial charge < -0.3 is 15.5 Å². The van der Waals surface area contributed by atoms with Gasteiger partial charge in [0.05, 0.1) is 17.3 Å². The Hall–Kier alpha value is -2.24. The third kappa shape index (κ3) is 4.88. The lowest BCUT2D eigenvalue weighted by Crippen LogP contribution is -2.22. The van der Waals surface area contributed by atoms with E-state index in [0.717, 1.165) is 5.69 Å². The highest BCUT2D eigenvalue weighted by Crippen LogP contribution is 2.25. The monoisotopic (exact) mass is 365 g/mol. The van der Waals surface area contributed by atoms with Gasteiger partial charge in [-0.05, 0) is 42.5 Å². The number of nitrogens with zero attached hydrogens (tertiary/aromatic N) is 1. The molecule has 2 rings (SSSR count). The molecular formula is C17H17Cl2N3O2. The summed E-state index contributed by atoms with van der Waals surface area (Å²) in [6.45, 7) is 0.0694. The number of halogens is 2. The number of carbonyl (C=O) groups excluding carboxylic acids is 2. The van der Waals surface area contributed by atoms with E-state index < -0.39 is 0 Å². The van der Waals surface area contributed by atoms with Crippen LogP contribution in [0.5, 0.6) is 0 Å². The quantitative estimate of drug-likeness (QED) is 0.847. The molecule has 7 heteroatoms. The number of hydrogen-bond acceptors (Lipinski definition) is 3. The van der Waals surface area contributed by atoms with E-state index in [1.165, 1.54) is 4.90 Å². The van der Waals surface area contributed by atoms with Gasteiger partial charge in [-0.2, -0.15) is 0 Å². The molecule has 0 aliphatic rings. The zero-order valence-corrected chi connectivity index (χ0v) is 14.8. The molecule has 0 aromatic heterocycles. The molecule has 2 aromatic carbocycles. The number of benzene rings is 2. The van der Waals surface area contributed by atoms with Gasteiger partial charge in [0.25, 0.3) is 5.91 Å². The maximum absolute atomic E-state index is 12.0. The zero-order chi connectivity index (χ0) is 17.7. The highest BCUT2D eigenvalue weighted by atomic mass is 35.5. The number of carbonyl (C=O) groups is 2. The van der Waals surface area contributed by atoms with Gasteiger partial charge in [-0.1, -0.05) is 23.2 Å². The Morgan fingerprint density at radius 2 is 1.71 bits per heavy atom. The predicted molar refractivity (Wildman–Crippen MR) is 98.0 cm³/mol. The molecule has 0 radical (unpaired) electrons. The van der Waals surface area contributed by atoms with Gasteiger partial charge in [-0.25, -0.2) is 0 Å². The molecule has 126 valence electrons. The van der Waals surface area contributed by atoms with E-state index >= 15 is 0 Å². The van der Waals surface area contributed by atoms with Crippen LogP contribution in [0.4, 0.5) is 11.4 Å². The largest absolute Gasteiger partial charge is 0.376 e. The van der Waals surface area contributed by atoms with E-state index in [9.17, 15) is 9.59 Å². The molecule has 0 saturated carbocycles. The number of amides is 2. The van der Waals surface area contributed by atoms with Crippen LogP contribution >= 0.6 is 23.2 Å². The molecule has 0 aliphatic heterocycles. The smallest absolute Gasteiger partial charge is 0.253 e. The van der Waals surface area contributed by atoms with Crippen molar-refractivity contribution >= 4 is 46.4 Å². The zero-order valence-electron chi connectivity index (χ0n) is 13.3. The van der Waals surface area contributed by atoms with Gasteiger partial charge in [0.1, 0.15) is 0 Å². The van der Waals surface area contributed by atoms with Crippen LogP contribution in [0.25, 0.3) is 0 Å². The molecule has 0 saturated heterocycles. The topological polar surface area (TPSA) is 61.4 Å². The summed E-state index contributed by atoms with van der Waals surface area (Å²) >= 11 is 11.8. The van der Waals surface area contributed by atoms with Crippen molar-refractivity contribution < 1.29 is 9.59 Å². The molecule has 0 aliphatic carbocycles. The molecule has 2 N–H and O–H groups in total. The van der Waals surface area contributed by atoms with E-state index in [4.69, 9.17) is 23.2 Å². The standard InChI is InChI=1S/C17H17Cl2N3O2/c1-22(2)17(24)11-3-6-13(7-4-11)20-10-16(23)21-15-8-5-12(18)9-14(15)19/h3-9,20H,10H2,1-2H3,(H,21,23). The molecular weight excluding hydrogens is 349 g/mol. The fourth-order valence-corrected chi connectivity index (χ4v) is 2.41. The molecule has 5 nitrogen and oxygen atoms in total. The second-order valence-electron chi connectivity index (χ2n) is 5.30. The van der Waals surface area contributed by atoms with Crippen molar-refractivity contribution in [1.29, 1.82) is 0 Å². The molecule has 2 aromatic rings. The summed E-state index contributed by atoms with van der Waals surface area (Å²) in [5.74, 6) is -0.315. The Balaban J connectivity index is 1.91. The summed E-state index contributed by atoms with van der Waals surface area (Å²) in [6, 6.07) is 11.8. The Kier molecular flexibility index (Phi) is 6.06. The molecule has 24 heavy (non-hydrogen) atoms. The van der Waals surface area contributed by atoms with E-state index in [1.807, 2.05) is 0 Å². The van der Waals surface area contributed by atoms with Crippen molar-refractivity contribution in [2.45, 2.75) is 0 Å². The third-order valence-electron chi connectivity index (χ3n) is 3.20. The third-order valence-corrected chi connectivity index (χ3v) is 3.74. The minimum absolute atomic E-state index is 0.0694. The Labute approximate surface area is 150 Å². The van der Waals surface area contributed by atoms with Gasteiger partial charge in [-0.3, -0.25) is 9.59 Å². The van der Waals surface area contributed by atoms with Gasteiger partial charge in [-0.15, -0.1) is 0 Å². The summed E-state index contributed by atoms with van der Waals surface area (Å²) in [6.07, 6.45) is 0. The first-order valence-electron chi connectivity index (χ1n) is 7.17. The first kappa shape index (κ1) is 18.1. The number of anilines is 2. The van der Waals surface area contributed by atoms with Crippen molar-refractivity contribution in [1.82, 2.24) is 4.90 Å². The molecule has 0 fully saturated rings. The van der Waals surface area contributed by atoms with Crippen LogP contribution in [0, 0.1) is 0 Å². The highest BCUT2D eigenvalue weighted by molar-refractivity contribution is 6.36. The summed E-state index contributed by atoms with van der Waals surface area (Å²) in [5, 5.41) is 6.56. The lowest BCUT2D eigenvalue weighted by Gasteiger charge is -2.12. The number of nitrogens with one attached hydrogen (secondary N) is 2. The first-order valence-corrected chi connectivity index (χ1v) is 7.93. The van der Waals surface area contributed by atoms with Gasteiger partial charge in [0.2, 0.25) is 5.91 Å². The summed E-state index contributed by atoms with van der Waals surface area (Å²) in [5.41, 5.74) is 1.82. The van der Waals surface area contributed by atoms with Crippen LogP contribution in [-0.4, -0.2) is 37.4 Å².